The zero-order valence-corrected chi connectivity index (χ0v) is 12.6. The number of amides is 1. The van der Waals surface area contributed by atoms with Crippen LogP contribution in [0.1, 0.15) is 21.8 Å². The number of alkyl halides is 3. The fraction of sp³-hybridized carbons (Fsp3) is 0.333. The maximum Gasteiger partial charge on any atom is 0.416 e. The quantitative estimate of drug-likeness (QED) is 0.839. The first-order valence-corrected chi connectivity index (χ1v) is 6.95. The number of aliphatic hydroxyl groups excluding tert-OH is 1. The molecule has 0 aliphatic rings. The third-order valence-corrected chi connectivity index (χ3v) is 2.97. The molecule has 2 rings (SSSR count). The predicted molar refractivity (Wildman–Crippen MR) is 76.5 cm³/mol. The molecule has 0 bridgehead atoms. The van der Waals surface area contributed by atoms with E-state index in [-0.39, 0.29) is 24.7 Å². The SMILES string of the molecule is Cc1cc(C(=O)NC[C@@H](O)COc2ccc(C(F)(F)F)cc2)on1. The van der Waals surface area contributed by atoms with Crippen LogP contribution >= 0.6 is 0 Å². The minimum absolute atomic E-state index is 0.0170. The van der Waals surface area contributed by atoms with Gasteiger partial charge in [0, 0.05) is 12.6 Å². The number of carbonyl (C=O) groups excluding carboxylic acids is 1. The summed E-state index contributed by atoms with van der Waals surface area (Å²) in [6, 6.07) is 5.53. The Morgan fingerprint density at radius 2 is 2.04 bits per heavy atom. The average molecular weight is 344 g/mol. The number of nitrogens with zero attached hydrogens (tertiary/aromatic N) is 1. The van der Waals surface area contributed by atoms with Gasteiger partial charge in [0.2, 0.25) is 5.76 Å². The van der Waals surface area contributed by atoms with E-state index in [2.05, 4.69) is 10.5 Å². The monoisotopic (exact) mass is 344 g/mol. The molecule has 1 heterocycles. The normalized spacial score (nSPS) is 12.7. The summed E-state index contributed by atoms with van der Waals surface area (Å²) in [6.45, 7) is 1.35. The maximum atomic E-state index is 12.4. The van der Waals surface area contributed by atoms with E-state index in [0.717, 1.165) is 24.3 Å². The van der Waals surface area contributed by atoms with Crippen molar-refractivity contribution < 1.29 is 32.3 Å². The number of aromatic nitrogens is 1. The summed E-state index contributed by atoms with van der Waals surface area (Å²) in [7, 11) is 0. The summed E-state index contributed by atoms with van der Waals surface area (Å²) < 4.78 is 47.2. The van der Waals surface area contributed by atoms with Crippen molar-refractivity contribution in [3.63, 3.8) is 0 Å². The van der Waals surface area contributed by atoms with Gasteiger partial charge < -0.3 is 19.7 Å². The van der Waals surface area contributed by atoms with Gasteiger partial charge in [-0.1, -0.05) is 5.16 Å². The lowest BCUT2D eigenvalue weighted by atomic mass is 10.2. The van der Waals surface area contributed by atoms with E-state index < -0.39 is 23.8 Å². The lowest BCUT2D eigenvalue weighted by molar-refractivity contribution is -0.137. The van der Waals surface area contributed by atoms with Crippen molar-refractivity contribution in [1.29, 1.82) is 0 Å². The van der Waals surface area contributed by atoms with Crippen molar-refractivity contribution in [2.75, 3.05) is 13.2 Å². The van der Waals surface area contributed by atoms with Crippen LogP contribution in [0.2, 0.25) is 0 Å². The Bertz CT molecular complexity index is 683. The summed E-state index contributed by atoms with van der Waals surface area (Å²) >= 11 is 0. The first kappa shape index (κ1) is 17.8. The molecular formula is C15H15F3N2O4. The van der Waals surface area contributed by atoms with E-state index in [1.807, 2.05) is 0 Å². The van der Waals surface area contributed by atoms with Gasteiger partial charge in [-0.05, 0) is 31.2 Å². The fourth-order valence-corrected chi connectivity index (χ4v) is 1.76. The van der Waals surface area contributed by atoms with Crippen LogP contribution in [-0.4, -0.2) is 35.4 Å². The Labute approximate surface area is 135 Å². The molecule has 0 spiro atoms. The number of halogens is 3. The van der Waals surface area contributed by atoms with Gasteiger partial charge in [-0.15, -0.1) is 0 Å². The topological polar surface area (TPSA) is 84.6 Å². The molecule has 0 fully saturated rings. The molecule has 0 aliphatic heterocycles. The second kappa shape index (κ2) is 7.35. The zero-order valence-electron chi connectivity index (χ0n) is 12.6. The Kier molecular flexibility index (Phi) is 5.45. The van der Waals surface area contributed by atoms with Crippen LogP contribution in [0.5, 0.6) is 5.75 Å². The van der Waals surface area contributed by atoms with Gasteiger partial charge in [-0.2, -0.15) is 13.2 Å². The van der Waals surface area contributed by atoms with Crippen LogP contribution in [0.25, 0.3) is 0 Å². The second-order valence-electron chi connectivity index (χ2n) is 5.03. The van der Waals surface area contributed by atoms with Gasteiger partial charge in [0.05, 0.1) is 11.3 Å². The first-order chi connectivity index (χ1) is 11.3. The molecule has 9 heteroatoms. The molecular weight excluding hydrogens is 329 g/mol. The zero-order chi connectivity index (χ0) is 17.7. The predicted octanol–water partition coefficient (Wildman–Crippen LogP) is 2.17. The molecule has 6 nitrogen and oxygen atoms in total. The van der Waals surface area contributed by atoms with Gasteiger partial charge in [0.15, 0.2) is 0 Å². The van der Waals surface area contributed by atoms with Crippen LogP contribution in [-0.2, 0) is 6.18 Å². The minimum atomic E-state index is -4.42. The summed E-state index contributed by atoms with van der Waals surface area (Å²) in [5, 5.41) is 15.7. The van der Waals surface area contributed by atoms with Gasteiger partial charge in [0.1, 0.15) is 18.5 Å². The van der Waals surface area contributed by atoms with Gasteiger partial charge >= 0.3 is 6.18 Å². The number of hydrogen-bond acceptors (Lipinski definition) is 5. The molecule has 1 atom stereocenters. The van der Waals surface area contributed by atoms with E-state index in [4.69, 9.17) is 9.26 Å². The number of nitrogens with one attached hydrogen (secondary N) is 1. The lowest BCUT2D eigenvalue weighted by Gasteiger charge is -2.13. The summed E-state index contributed by atoms with van der Waals surface area (Å²) in [5.41, 5.74) is -0.239. The number of hydrogen-bond donors (Lipinski definition) is 2. The lowest BCUT2D eigenvalue weighted by Crippen LogP contribution is -2.35. The first-order valence-electron chi connectivity index (χ1n) is 6.95. The van der Waals surface area contributed by atoms with Crippen molar-refractivity contribution in [3.8, 4) is 5.75 Å². The Morgan fingerprint density at radius 1 is 1.38 bits per heavy atom. The molecule has 1 amide bonds. The van der Waals surface area contributed by atoms with E-state index in [9.17, 15) is 23.1 Å². The molecule has 130 valence electrons. The highest BCUT2D eigenvalue weighted by molar-refractivity contribution is 5.91. The largest absolute Gasteiger partial charge is 0.491 e. The summed E-state index contributed by atoms with van der Waals surface area (Å²) in [4.78, 5) is 11.7. The summed E-state index contributed by atoms with van der Waals surface area (Å²) in [6.07, 6.45) is -5.46. The Hall–Kier alpha value is -2.55. The Morgan fingerprint density at radius 3 is 2.58 bits per heavy atom. The Balaban J connectivity index is 1.76. The minimum Gasteiger partial charge on any atom is -0.491 e. The molecule has 0 aliphatic carbocycles. The number of rotatable bonds is 6. The van der Waals surface area contributed by atoms with Crippen molar-refractivity contribution >= 4 is 5.91 Å². The van der Waals surface area contributed by atoms with Gasteiger partial charge in [-0.3, -0.25) is 4.79 Å². The highest BCUT2D eigenvalue weighted by atomic mass is 19.4. The molecule has 0 radical (unpaired) electrons. The summed E-state index contributed by atoms with van der Waals surface area (Å²) in [5.74, 6) is -0.341. The van der Waals surface area contributed by atoms with E-state index in [0.29, 0.717) is 5.69 Å². The van der Waals surface area contributed by atoms with Crippen molar-refractivity contribution in [1.82, 2.24) is 10.5 Å². The van der Waals surface area contributed by atoms with Crippen LogP contribution in [0, 0.1) is 6.92 Å². The molecule has 0 unspecified atom stereocenters. The number of benzene rings is 1. The molecule has 1 aromatic carbocycles. The standard InChI is InChI=1S/C15H15F3N2O4/c1-9-6-13(24-20-9)14(22)19-7-11(21)8-23-12-4-2-10(3-5-12)15(16,17)18/h2-6,11,21H,7-8H2,1H3,(H,19,22)/t11-/m1/s1. The average Bonchev–Trinajstić information content (AvgIpc) is 2.96. The number of ether oxygens (including phenoxy) is 1. The van der Waals surface area contributed by atoms with Crippen molar-refractivity contribution in [2.24, 2.45) is 0 Å². The van der Waals surface area contributed by atoms with Gasteiger partial charge in [0.25, 0.3) is 5.91 Å². The van der Waals surface area contributed by atoms with E-state index in [1.54, 1.807) is 6.92 Å². The molecule has 1 aromatic heterocycles. The second-order valence-corrected chi connectivity index (χ2v) is 5.03. The molecule has 2 aromatic rings. The molecule has 24 heavy (non-hydrogen) atoms. The van der Waals surface area contributed by atoms with Crippen molar-refractivity contribution in [3.05, 3.63) is 47.3 Å². The third kappa shape index (κ3) is 4.98. The van der Waals surface area contributed by atoms with Crippen LogP contribution in [0.4, 0.5) is 13.2 Å². The molecule has 0 saturated carbocycles. The number of aliphatic hydroxyl groups is 1. The van der Waals surface area contributed by atoms with E-state index in [1.165, 1.54) is 6.07 Å². The number of carbonyl (C=O) groups is 1. The van der Waals surface area contributed by atoms with Crippen molar-refractivity contribution in [2.45, 2.75) is 19.2 Å². The molecule has 0 saturated heterocycles. The number of aryl methyl sites for hydroxylation is 1. The molecule has 2 N–H and O–H groups in total. The van der Waals surface area contributed by atoms with Crippen LogP contribution < -0.4 is 10.1 Å². The smallest absolute Gasteiger partial charge is 0.416 e. The maximum absolute atomic E-state index is 12.4. The van der Waals surface area contributed by atoms with Crippen LogP contribution in [0.15, 0.2) is 34.9 Å². The van der Waals surface area contributed by atoms with Crippen LogP contribution in [0.3, 0.4) is 0 Å². The third-order valence-electron chi connectivity index (χ3n) is 2.97. The van der Waals surface area contributed by atoms with E-state index >= 15 is 0 Å². The van der Waals surface area contributed by atoms with Gasteiger partial charge in [-0.25, -0.2) is 0 Å². The highest BCUT2D eigenvalue weighted by Gasteiger charge is 2.30. The fourth-order valence-electron chi connectivity index (χ4n) is 1.76. The highest BCUT2D eigenvalue weighted by Crippen LogP contribution is 2.30.